The van der Waals surface area contributed by atoms with E-state index in [1.165, 1.54) is 37.4 Å². The molecule has 1 aliphatic carbocycles. The number of allylic oxidation sites excluding steroid dienone is 3. The van der Waals surface area contributed by atoms with E-state index < -0.39 is 0 Å². The van der Waals surface area contributed by atoms with Gasteiger partial charge in [0.2, 0.25) is 5.91 Å². The Hall–Kier alpha value is -2.10. The maximum absolute atomic E-state index is 13.8. The van der Waals surface area contributed by atoms with Crippen molar-refractivity contribution in [2.45, 2.75) is 91.5 Å². The van der Waals surface area contributed by atoms with Crippen molar-refractivity contribution in [2.24, 2.45) is 0 Å². The Kier molecular flexibility index (Phi) is 11.5. The first-order valence-corrected chi connectivity index (χ1v) is 12.8. The standard InChI is InChI=1S/C26H37FN2O.C2H6/c1-3-18-29(26(30)17-10-14-22-11-4-6-15-24(22)27)21(2)20-28-19-9-8-13-23-12-5-7-16-25(23)28;1-2/h4,6-7,11,15-16,21H,3,5,8-10,12-14,17-20H2,1-2H3;1-2H3/t21-;/m0./s1. The van der Waals surface area contributed by atoms with Crippen molar-refractivity contribution in [2.75, 3.05) is 19.6 Å². The third-order valence-electron chi connectivity index (χ3n) is 6.34. The van der Waals surface area contributed by atoms with Crippen LogP contribution in [-0.2, 0) is 11.2 Å². The van der Waals surface area contributed by atoms with Crippen molar-refractivity contribution in [3.8, 4) is 0 Å². The lowest BCUT2D eigenvalue weighted by atomic mass is 9.98. The third-order valence-corrected chi connectivity index (χ3v) is 6.34. The zero-order valence-electron chi connectivity index (χ0n) is 20.7. The first-order valence-electron chi connectivity index (χ1n) is 12.8. The van der Waals surface area contributed by atoms with Crippen molar-refractivity contribution in [1.29, 1.82) is 0 Å². The number of nitrogens with zero attached hydrogens (tertiary/aromatic N) is 2. The zero-order chi connectivity index (χ0) is 23.3. The van der Waals surface area contributed by atoms with Gasteiger partial charge in [-0.25, -0.2) is 4.39 Å². The van der Waals surface area contributed by atoms with Gasteiger partial charge in [0.15, 0.2) is 0 Å². The minimum Gasteiger partial charge on any atom is -0.370 e. The molecule has 4 heteroatoms. The predicted octanol–water partition coefficient (Wildman–Crippen LogP) is 6.89. The first-order chi connectivity index (χ1) is 15.6. The molecule has 1 aliphatic heterocycles. The van der Waals surface area contributed by atoms with Crippen molar-refractivity contribution in [3.63, 3.8) is 0 Å². The highest BCUT2D eigenvalue weighted by Crippen LogP contribution is 2.30. The van der Waals surface area contributed by atoms with E-state index >= 15 is 0 Å². The lowest BCUT2D eigenvalue weighted by Crippen LogP contribution is -2.45. The lowest BCUT2D eigenvalue weighted by molar-refractivity contribution is -0.133. The summed E-state index contributed by atoms with van der Waals surface area (Å²) in [5, 5.41) is 0. The fraction of sp³-hybridized carbons (Fsp3) is 0.607. The number of carbonyl (C=O) groups excluding carboxylic acids is 1. The van der Waals surface area contributed by atoms with Gasteiger partial charge in [-0.1, -0.05) is 45.0 Å². The summed E-state index contributed by atoms with van der Waals surface area (Å²) in [6.45, 7) is 11.1. The van der Waals surface area contributed by atoms with Gasteiger partial charge >= 0.3 is 0 Å². The summed E-state index contributed by atoms with van der Waals surface area (Å²) in [5.74, 6) is 0.0263. The fourth-order valence-electron chi connectivity index (χ4n) is 4.76. The van der Waals surface area contributed by atoms with Gasteiger partial charge in [-0.15, -0.1) is 0 Å². The first kappa shape index (κ1) is 26.2. The highest BCUT2D eigenvalue weighted by Gasteiger charge is 2.24. The molecule has 0 bridgehead atoms. The summed E-state index contributed by atoms with van der Waals surface area (Å²) in [7, 11) is 0. The Morgan fingerprint density at radius 2 is 1.97 bits per heavy atom. The highest BCUT2D eigenvalue weighted by molar-refractivity contribution is 5.76. The lowest BCUT2D eigenvalue weighted by Gasteiger charge is -2.36. The maximum Gasteiger partial charge on any atom is 0.222 e. The van der Waals surface area contributed by atoms with Gasteiger partial charge in [0.05, 0.1) is 0 Å². The number of amides is 1. The van der Waals surface area contributed by atoms with Crippen LogP contribution in [0.1, 0.15) is 84.6 Å². The molecule has 1 atom stereocenters. The maximum atomic E-state index is 13.8. The van der Waals surface area contributed by atoms with E-state index in [-0.39, 0.29) is 17.8 Å². The fourth-order valence-corrected chi connectivity index (χ4v) is 4.76. The second-order valence-corrected chi connectivity index (χ2v) is 8.71. The summed E-state index contributed by atoms with van der Waals surface area (Å²) < 4.78 is 13.8. The Labute approximate surface area is 195 Å². The SMILES string of the molecule is CC.CCCN(C(=O)CCCc1ccccc1F)[C@@H](C)CN1CCCCC2=C1C=CCC2. The number of aryl methyl sites for hydroxylation is 1. The van der Waals surface area contributed by atoms with E-state index in [4.69, 9.17) is 0 Å². The second-order valence-electron chi connectivity index (χ2n) is 8.71. The summed E-state index contributed by atoms with van der Waals surface area (Å²) >= 11 is 0. The van der Waals surface area contributed by atoms with Crippen LogP contribution in [0.3, 0.4) is 0 Å². The van der Waals surface area contributed by atoms with Crippen LogP contribution in [0.5, 0.6) is 0 Å². The van der Waals surface area contributed by atoms with E-state index in [0.717, 1.165) is 32.5 Å². The van der Waals surface area contributed by atoms with E-state index in [1.807, 2.05) is 26.0 Å². The van der Waals surface area contributed by atoms with Crippen molar-refractivity contribution in [1.82, 2.24) is 9.80 Å². The number of carbonyl (C=O) groups is 1. The van der Waals surface area contributed by atoms with E-state index in [2.05, 4.69) is 35.8 Å². The molecular weight excluding hydrogens is 399 g/mol. The molecule has 1 amide bonds. The number of benzene rings is 1. The van der Waals surface area contributed by atoms with E-state index in [1.54, 1.807) is 11.6 Å². The zero-order valence-corrected chi connectivity index (χ0v) is 20.7. The molecule has 1 heterocycles. The molecule has 0 saturated carbocycles. The molecule has 0 spiro atoms. The Balaban J connectivity index is 0.00000176. The molecule has 1 aromatic carbocycles. The summed E-state index contributed by atoms with van der Waals surface area (Å²) in [5.41, 5.74) is 3.71. The monoisotopic (exact) mass is 442 g/mol. The molecule has 1 aromatic rings. The molecule has 2 aliphatic rings. The molecule has 0 fully saturated rings. The number of halogens is 1. The average Bonchev–Trinajstić information content (AvgIpc) is 3.02. The van der Waals surface area contributed by atoms with Gasteiger partial charge in [-0.2, -0.15) is 0 Å². The van der Waals surface area contributed by atoms with Crippen molar-refractivity contribution >= 4 is 5.91 Å². The summed E-state index contributed by atoms with van der Waals surface area (Å²) in [6, 6.07) is 7.05. The molecule has 3 rings (SSSR count). The summed E-state index contributed by atoms with van der Waals surface area (Å²) in [4.78, 5) is 17.6. The number of rotatable bonds is 9. The molecule has 0 radical (unpaired) electrons. The molecule has 178 valence electrons. The van der Waals surface area contributed by atoms with Gasteiger partial charge in [0.1, 0.15) is 5.82 Å². The van der Waals surface area contributed by atoms with Crippen LogP contribution in [0.2, 0.25) is 0 Å². The Morgan fingerprint density at radius 3 is 2.72 bits per heavy atom. The van der Waals surface area contributed by atoms with Crippen LogP contribution in [-0.4, -0.2) is 41.4 Å². The second kappa shape index (κ2) is 14.1. The van der Waals surface area contributed by atoms with Crippen LogP contribution in [0, 0.1) is 5.82 Å². The molecule has 3 nitrogen and oxygen atoms in total. The van der Waals surface area contributed by atoms with Gasteiger partial charge in [0, 0.05) is 37.8 Å². The Bertz CT molecular complexity index is 770. The quantitative estimate of drug-likeness (QED) is 0.416. The minimum absolute atomic E-state index is 0.172. The van der Waals surface area contributed by atoms with Crippen molar-refractivity contribution < 1.29 is 9.18 Å². The van der Waals surface area contributed by atoms with Crippen LogP contribution in [0.4, 0.5) is 4.39 Å². The molecule has 32 heavy (non-hydrogen) atoms. The topological polar surface area (TPSA) is 23.6 Å². The predicted molar refractivity (Wildman–Crippen MR) is 133 cm³/mol. The van der Waals surface area contributed by atoms with E-state index in [0.29, 0.717) is 24.8 Å². The summed E-state index contributed by atoms with van der Waals surface area (Å²) in [6.07, 6.45) is 13.4. The smallest absolute Gasteiger partial charge is 0.222 e. The van der Waals surface area contributed by atoms with Crippen LogP contribution < -0.4 is 0 Å². The van der Waals surface area contributed by atoms with Gasteiger partial charge in [-0.3, -0.25) is 4.79 Å². The van der Waals surface area contributed by atoms with Crippen LogP contribution in [0.15, 0.2) is 47.7 Å². The average molecular weight is 443 g/mol. The largest absolute Gasteiger partial charge is 0.370 e. The normalized spacial score (nSPS) is 16.6. The van der Waals surface area contributed by atoms with E-state index in [9.17, 15) is 9.18 Å². The van der Waals surface area contributed by atoms with Crippen LogP contribution >= 0.6 is 0 Å². The molecule has 0 N–H and O–H groups in total. The number of hydrogen-bond donors (Lipinski definition) is 0. The van der Waals surface area contributed by atoms with Crippen LogP contribution in [0.25, 0.3) is 0 Å². The molecule has 0 saturated heterocycles. The number of hydrogen-bond acceptors (Lipinski definition) is 2. The molecule has 0 aromatic heterocycles. The van der Waals surface area contributed by atoms with Gasteiger partial charge < -0.3 is 9.80 Å². The van der Waals surface area contributed by atoms with Gasteiger partial charge in [0.25, 0.3) is 0 Å². The highest BCUT2D eigenvalue weighted by atomic mass is 19.1. The molecular formula is C28H43FN2O. The Morgan fingerprint density at radius 1 is 1.19 bits per heavy atom. The van der Waals surface area contributed by atoms with Gasteiger partial charge in [-0.05, 0) is 81.6 Å². The minimum atomic E-state index is -0.172. The third kappa shape index (κ3) is 7.50. The van der Waals surface area contributed by atoms with Crippen molar-refractivity contribution in [3.05, 3.63) is 59.1 Å². The molecule has 0 unspecified atom stereocenters.